The number of carbonyl (C=O) groups is 1. The van der Waals surface area contributed by atoms with E-state index in [1.54, 1.807) is 32.4 Å². The summed E-state index contributed by atoms with van der Waals surface area (Å²) in [6.45, 7) is 2.28. The maximum atomic E-state index is 13.3. The molecule has 3 rings (SSSR count). The third kappa shape index (κ3) is 4.48. The quantitative estimate of drug-likeness (QED) is 0.601. The molecule has 0 N–H and O–H groups in total. The summed E-state index contributed by atoms with van der Waals surface area (Å²) in [5, 5.41) is 0. The summed E-state index contributed by atoms with van der Waals surface area (Å²) in [6.07, 6.45) is 1.67. The van der Waals surface area contributed by atoms with E-state index in [0.717, 1.165) is 11.1 Å². The summed E-state index contributed by atoms with van der Waals surface area (Å²) in [4.78, 5) is 19.3. The number of amides is 1. The summed E-state index contributed by atoms with van der Waals surface area (Å²) >= 11 is 0. The lowest BCUT2D eigenvalue weighted by atomic mass is 10.1. The number of pyridine rings is 1. The molecule has 2 aromatic carbocycles. The lowest BCUT2D eigenvalue weighted by Gasteiger charge is -2.23. The molecule has 6 heteroatoms. The van der Waals surface area contributed by atoms with Crippen LogP contribution in [-0.4, -0.2) is 32.2 Å². The van der Waals surface area contributed by atoms with Crippen LogP contribution in [0.4, 0.5) is 5.82 Å². The van der Waals surface area contributed by atoms with Crippen LogP contribution in [0.15, 0.2) is 60.8 Å². The minimum atomic E-state index is -0.141. The minimum absolute atomic E-state index is 0.141. The Morgan fingerprint density at radius 1 is 0.931 bits per heavy atom. The SMILES string of the molecule is COc1cc(CN(C(=O)c2ccc(C)cc2)c2ccccn2)cc(OC)c1OC. The molecule has 0 saturated carbocycles. The average Bonchev–Trinajstić information content (AvgIpc) is 2.77. The van der Waals surface area contributed by atoms with Crippen molar-refractivity contribution in [1.29, 1.82) is 0 Å². The van der Waals surface area contributed by atoms with Gasteiger partial charge < -0.3 is 14.2 Å². The van der Waals surface area contributed by atoms with Crippen molar-refractivity contribution < 1.29 is 19.0 Å². The Labute approximate surface area is 170 Å². The number of anilines is 1. The molecule has 1 amide bonds. The molecular weight excluding hydrogens is 368 g/mol. The number of hydrogen-bond donors (Lipinski definition) is 0. The number of aromatic nitrogens is 1. The van der Waals surface area contributed by atoms with Crippen molar-refractivity contribution in [3.8, 4) is 17.2 Å². The van der Waals surface area contributed by atoms with Crippen molar-refractivity contribution in [2.75, 3.05) is 26.2 Å². The molecular formula is C23H24N2O4. The van der Waals surface area contributed by atoms with Gasteiger partial charge in [0, 0.05) is 11.8 Å². The molecule has 0 fully saturated rings. The largest absolute Gasteiger partial charge is 0.493 e. The molecule has 0 atom stereocenters. The van der Waals surface area contributed by atoms with E-state index in [2.05, 4.69) is 4.98 Å². The van der Waals surface area contributed by atoms with Gasteiger partial charge in [0.25, 0.3) is 5.91 Å². The highest BCUT2D eigenvalue weighted by atomic mass is 16.5. The monoisotopic (exact) mass is 392 g/mol. The Balaban J connectivity index is 2.02. The summed E-state index contributed by atoms with van der Waals surface area (Å²) in [5.74, 6) is 1.99. The van der Waals surface area contributed by atoms with E-state index in [9.17, 15) is 4.79 Å². The van der Waals surface area contributed by atoms with E-state index in [-0.39, 0.29) is 5.91 Å². The van der Waals surface area contributed by atoms with Gasteiger partial charge in [-0.2, -0.15) is 0 Å². The Kier molecular flexibility index (Phi) is 6.34. The summed E-state index contributed by atoms with van der Waals surface area (Å²) in [6, 6.07) is 16.6. The fourth-order valence-corrected chi connectivity index (χ4v) is 3.03. The summed E-state index contributed by atoms with van der Waals surface area (Å²) < 4.78 is 16.3. The highest BCUT2D eigenvalue weighted by Crippen LogP contribution is 2.38. The van der Waals surface area contributed by atoms with E-state index >= 15 is 0 Å². The first-order chi connectivity index (χ1) is 14.1. The Bertz CT molecular complexity index is 947. The van der Waals surface area contributed by atoms with Crippen LogP contribution in [0, 0.1) is 6.92 Å². The normalized spacial score (nSPS) is 10.3. The first kappa shape index (κ1) is 20.2. The fraction of sp³-hybridized carbons (Fsp3) is 0.217. The van der Waals surface area contributed by atoms with Crippen molar-refractivity contribution in [2.45, 2.75) is 13.5 Å². The van der Waals surface area contributed by atoms with E-state index in [1.807, 2.05) is 61.5 Å². The van der Waals surface area contributed by atoms with Crippen LogP contribution in [0.25, 0.3) is 0 Å². The van der Waals surface area contributed by atoms with E-state index in [0.29, 0.717) is 35.2 Å². The van der Waals surface area contributed by atoms with Gasteiger partial charge in [0.15, 0.2) is 11.5 Å². The van der Waals surface area contributed by atoms with E-state index in [1.165, 1.54) is 0 Å². The van der Waals surface area contributed by atoms with Crippen LogP contribution in [-0.2, 0) is 6.54 Å². The Morgan fingerprint density at radius 2 is 1.59 bits per heavy atom. The average molecular weight is 392 g/mol. The second-order valence-electron chi connectivity index (χ2n) is 6.48. The topological polar surface area (TPSA) is 60.9 Å². The number of carbonyl (C=O) groups excluding carboxylic acids is 1. The lowest BCUT2D eigenvalue weighted by molar-refractivity contribution is 0.0984. The van der Waals surface area contributed by atoms with Gasteiger partial charge in [-0.3, -0.25) is 9.69 Å². The number of nitrogens with zero attached hydrogens (tertiary/aromatic N) is 2. The van der Waals surface area contributed by atoms with Crippen LogP contribution in [0.3, 0.4) is 0 Å². The van der Waals surface area contributed by atoms with Gasteiger partial charge in [0.1, 0.15) is 5.82 Å². The van der Waals surface area contributed by atoms with Crippen molar-refractivity contribution in [3.63, 3.8) is 0 Å². The number of aryl methyl sites for hydroxylation is 1. The van der Waals surface area contributed by atoms with Gasteiger partial charge in [-0.1, -0.05) is 23.8 Å². The molecule has 0 spiro atoms. The number of hydrogen-bond acceptors (Lipinski definition) is 5. The Morgan fingerprint density at radius 3 is 2.10 bits per heavy atom. The number of benzene rings is 2. The number of rotatable bonds is 7. The molecule has 150 valence electrons. The molecule has 0 saturated heterocycles. The van der Waals surface area contributed by atoms with Crippen molar-refractivity contribution in [2.24, 2.45) is 0 Å². The molecule has 0 radical (unpaired) electrons. The predicted octanol–water partition coefficient (Wildman–Crippen LogP) is 4.26. The second-order valence-corrected chi connectivity index (χ2v) is 6.48. The Hall–Kier alpha value is -3.54. The molecule has 0 aliphatic carbocycles. The van der Waals surface area contributed by atoms with Gasteiger partial charge in [-0.05, 0) is 48.9 Å². The van der Waals surface area contributed by atoms with Crippen molar-refractivity contribution >= 4 is 11.7 Å². The molecule has 0 bridgehead atoms. The lowest BCUT2D eigenvalue weighted by Crippen LogP contribution is -2.31. The smallest absolute Gasteiger partial charge is 0.259 e. The molecule has 0 aliphatic rings. The van der Waals surface area contributed by atoms with Gasteiger partial charge in [-0.25, -0.2) is 4.98 Å². The van der Waals surface area contributed by atoms with Gasteiger partial charge in [0.2, 0.25) is 5.75 Å². The molecule has 1 heterocycles. The molecule has 0 aliphatic heterocycles. The summed E-state index contributed by atoms with van der Waals surface area (Å²) in [5.41, 5.74) is 2.51. The van der Waals surface area contributed by atoms with Gasteiger partial charge in [-0.15, -0.1) is 0 Å². The zero-order valence-corrected chi connectivity index (χ0v) is 17.0. The second kappa shape index (κ2) is 9.10. The van der Waals surface area contributed by atoms with Crippen molar-refractivity contribution in [1.82, 2.24) is 4.98 Å². The predicted molar refractivity (Wildman–Crippen MR) is 112 cm³/mol. The van der Waals surface area contributed by atoms with Crippen LogP contribution >= 0.6 is 0 Å². The van der Waals surface area contributed by atoms with Crippen molar-refractivity contribution in [3.05, 3.63) is 77.5 Å². The summed E-state index contributed by atoms with van der Waals surface area (Å²) in [7, 11) is 4.69. The molecule has 1 aromatic heterocycles. The maximum absolute atomic E-state index is 13.3. The molecule has 6 nitrogen and oxygen atoms in total. The van der Waals surface area contributed by atoms with E-state index in [4.69, 9.17) is 14.2 Å². The number of methoxy groups -OCH3 is 3. The van der Waals surface area contributed by atoms with Gasteiger partial charge in [0.05, 0.1) is 27.9 Å². The molecule has 3 aromatic rings. The first-order valence-electron chi connectivity index (χ1n) is 9.15. The minimum Gasteiger partial charge on any atom is -0.493 e. The van der Waals surface area contributed by atoms with Gasteiger partial charge >= 0.3 is 0 Å². The first-order valence-corrected chi connectivity index (χ1v) is 9.15. The van der Waals surface area contributed by atoms with Crippen LogP contribution in [0.2, 0.25) is 0 Å². The highest BCUT2D eigenvalue weighted by molar-refractivity contribution is 6.05. The third-order valence-electron chi connectivity index (χ3n) is 4.53. The highest BCUT2D eigenvalue weighted by Gasteiger charge is 2.21. The van der Waals surface area contributed by atoms with E-state index < -0.39 is 0 Å². The van der Waals surface area contributed by atoms with Crippen LogP contribution in [0.1, 0.15) is 21.5 Å². The zero-order chi connectivity index (χ0) is 20.8. The van der Waals surface area contributed by atoms with Crippen LogP contribution in [0.5, 0.6) is 17.2 Å². The zero-order valence-electron chi connectivity index (χ0n) is 17.0. The maximum Gasteiger partial charge on any atom is 0.259 e. The molecule has 0 unspecified atom stereocenters. The standard InChI is InChI=1S/C23H24N2O4/c1-16-8-10-18(11-9-16)23(26)25(21-7-5-6-12-24-21)15-17-13-19(27-2)22(29-4)20(14-17)28-3/h5-14H,15H2,1-4H3. The fourth-order valence-electron chi connectivity index (χ4n) is 3.03. The number of ether oxygens (including phenoxy) is 3. The third-order valence-corrected chi connectivity index (χ3v) is 4.53. The molecule has 29 heavy (non-hydrogen) atoms. The van der Waals surface area contributed by atoms with Crippen LogP contribution < -0.4 is 19.1 Å².